The first-order valence-electron chi connectivity index (χ1n) is 11.9. The van der Waals surface area contributed by atoms with Gasteiger partial charge in [-0.3, -0.25) is 4.79 Å². The number of aromatic carboxylic acids is 1. The normalized spacial score (nSPS) is 13.1. The summed E-state index contributed by atoms with van der Waals surface area (Å²) in [5.41, 5.74) is 14.4. The molecule has 1 amide bonds. The Hall–Kier alpha value is -4.17. The van der Waals surface area contributed by atoms with Crippen molar-refractivity contribution in [2.75, 3.05) is 32.0 Å². The van der Waals surface area contributed by atoms with Crippen molar-refractivity contribution >= 4 is 36.0 Å². The lowest BCUT2D eigenvalue weighted by atomic mass is 9.92. The lowest BCUT2D eigenvalue weighted by Gasteiger charge is -2.25. The lowest BCUT2D eigenvalue weighted by Crippen LogP contribution is -2.39. The summed E-state index contributed by atoms with van der Waals surface area (Å²) in [5, 5.41) is 9.28. The highest BCUT2D eigenvalue weighted by atomic mass is 16.5. The predicted molar refractivity (Wildman–Crippen MR) is 147 cm³/mol. The molecule has 2 aromatic carbocycles. The van der Waals surface area contributed by atoms with E-state index in [9.17, 15) is 14.7 Å². The Morgan fingerprint density at radius 1 is 1.08 bits per heavy atom. The van der Waals surface area contributed by atoms with Crippen LogP contribution in [0.25, 0.3) is 22.8 Å². The fourth-order valence-corrected chi connectivity index (χ4v) is 4.00. The third kappa shape index (κ3) is 7.65. The Morgan fingerprint density at radius 2 is 1.73 bits per heavy atom. The number of aromatic nitrogens is 1. The number of aryl methyl sites for hydroxylation is 1. The highest BCUT2D eigenvalue weighted by Gasteiger charge is 2.13. The molecule has 1 aliphatic heterocycles. The number of nitrogens with two attached hydrogens (primary N) is 1. The maximum Gasteiger partial charge on any atom is 0.335 e. The van der Waals surface area contributed by atoms with Gasteiger partial charge in [-0.25, -0.2) is 4.79 Å². The lowest BCUT2D eigenvalue weighted by molar-refractivity contribution is -0.132. The van der Waals surface area contributed by atoms with Gasteiger partial charge in [-0.2, -0.15) is 0 Å². The molecule has 0 saturated carbocycles. The van der Waals surface area contributed by atoms with E-state index in [-0.39, 0.29) is 11.5 Å². The van der Waals surface area contributed by atoms with Crippen molar-refractivity contribution in [3.63, 3.8) is 0 Å². The molecule has 1 saturated heterocycles. The van der Waals surface area contributed by atoms with Crippen molar-refractivity contribution in [1.82, 2.24) is 9.88 Å². The quantitative estimate of drug-likeness (QED) is 0.437. The largest absolute Gasteiger partial charge is 0.478 e. The summed E-state index contributed by atoms with van der Waals surface area (Å²) in [6.45, 7) is 12.7. The highest BCUT2D eigenvalue weighted by Crippen LogP contribution is 2.34. The monoisotopic (exact) mass is 505 g/mol. The SMILES string of the molecule is C/C(=C\c1[nH]cc(C)c1C)c1c(N)cccc1-c1cccc(C(=O)O)c1.C=O.CC(=O)N1CCOCC1. The van der Waals surface area contributed by atoms with E-state index < -0.39 is 5.97 Å². The number of carbonyl (C=O) groups is 3. The molecule has 0 atom stereocenters. The Kier molecular flexibility index (Phi) is 10.8. The van der Waals surface area contributed by atoms with E-state index in [2.05, 4.69) is 24.9 Å². The number of anilines is 1. The Morgan fingerprint density at radius 3 is 2.27 bits per heavy atom. The van der Waals surface area contributed by atoms with Gasteiger partial charge in [0.2, 0.25) is 5.91 Å². The molecule has 0 bridgehead atoms. The number of hydrogen-bond acceptors (Lipinski definition) is 5. The summed E-state index contributed by atoms with van der Waals surface area (Å²) in [7, 11) is 0. The topological polar surface area (TPSA) is 126 Å². The molecule has 1 fully saturated rings. The third-order valence-corrected chi connectivity index (χ3v) is 6.17. The van der Waals surface area contributed by atoms with E-state index >= 15 is 0 Å². The number of carboxylic acids is 1. The molecular weight excluding hydrogens is 470 g/mol. The second-order valence-corrected chi connectivity index (χ2v) is 8.61. The summed E-state index contributed by atoms with van der Waals surface area (Å²) < 4.78 is 5.06. The second kappa shape index (κ2) is 13.8. The summed E-state index contributed by atoms with van der Waals surface area (Å²) in [6.07, 6.45) is 4.07. The first kappa shape index (κ1) is 29.1. The number of morpholine rings is 1. The molecule has 0 radical (unpaired) electrons. The van der Waals surface area contributed by atoms with E-state index in [0.717, 1.165) is 41.0 Å². The minimum atomic E-state index is -0.943. The fraction of sp³-hybridized carbons (Fsp3) is 0.276. The zero-order valence-electron chi connectivity index (χ0n) is 21.8. The summed E-state index contributed by atoms with van der Waals surface area (Å²) in [4.78, 5) is 35.1. The molecule has 2 heterocycles. The molecular formula is C29H35N3O5. The molecule has 37 heavy (non-hydrogen) atoms. The number of hydrogen-bond donors (Lipinski definition) is 3. The summed E-state index contributed by atoms with van der Waals surface area (Å²) >= 11 is 0. The minimum Gasteiger partial charge on any atom is -0.478 e. The van der Waals surface area contributed by atoms with Gasteiger partial charge in [-0.05, 0) is 72.9 Å². The smallest absolute Gasteiger partial charge is 0.335 e. The molecule has 0 aliphatic carbocycles. The van der Waals surface area contributed by atoms with Crippen LogP contribution < -0.4 is 5.73 Å². The Balaban J connectivity index is 0.000000367. The van der Waals surface area contributed by atoms with Crippen LogP contribution in [0.15, 0.2) is 48.7 Å². The number of nitrogens with one attached hydrogen (secondary N) is 1. The number of carbonyl (C=O) groups excluding carboxylic acids is 2. The molecule has 1 aromatic heterocycles. The first-order chi connectivity index (χ1) is 17.7. The molecule has 1 aliphatic rings. The van der Waals surface area contributed by atoms with Crippen LogP contribution in [0.2, 0.25) is 0 Å². The van der Waals surface area contributed by atoms with E-state index in [1.165, 1.54) is 11.1 Å². The number of benzene rings is 2. The summed E-state index contributed by atoms with van der Waals surface area (Å²) in [6, 6.07) is 12.6. The van der Waals surface area contributed by atoms with Crippen LogP contribution in [0.4, 0.5) is 5.69 Å². The number of nitrogen functional groups attached to an aromatic ring is 1. The van der Waals surface area contributed by atoms with Crippen LogP contribution in [-0.4, -0.2) is 60.0 Å². The number of H-pyrrole nitrogens is 1. The van der Waals surface area contributed by atoms with Crippen LogP contribution in [0, 0.1) is 13.8 Å². The zero-order chi connectivity index (χ0) is 27.5. The number of rotatable bonds is 4. The number of ether oxygens (including phenoxy) is 1. The van der Waals surface area contributed by atoms with Gasteiger partial charge in [0.1, 0.15) is 6.79 Å². The molecule has 4 N–H and O–H groups in total. The minimum absolute atomic E-state index is 0.151. The van der Waals surface area contributed by atoms with E-state index in [0.29, 0.717) is 18.9 Å². The van der Waals surface area contributed by atoms with Crippen LogP contribution >= 0.6 is 0 Å². The van der Waals surface area contributed by atoms with Crippen LogP contribution in [-0.2, 0) is 14.3 Å². The Labute approximate surface area is 217 Å². The van der Waals surface area contributed by atoms with Crippen molar-refractivity contribution in [3.8, 4) is 11.1 Å². The number of aromatic amines is 1. The maximum atomic E-state index is 11.3. The van der Waals surface area contributed by atoms with Crippen molar-refractivity contribution in [1.29, 1.82) is 0 Å². The van der Waals surface area contributed by atoms with Gasteiger partial charge >= 0.3 is 5.97 Å². The molecule has 4 rings (SSSR count). The van der Waals surface area contributed by atoms with E-state index in [4.69, 9.17) is 15.3 Å². The number of nitrogens with zero attached hydrogens (tertiary/aromatic N) is 1. The van der Waals surface area contributed by atoms with Crippen molar-refractivity contribution in [2.45, 2.75) is 27.7 Å². The van der Waals surface area contributed by atoms with Crippen molar-refractivity contribution in [2.24, 2.45) is 0 Å². The molecule has 3 aromatic rings. The van der Waals surface area contributed by atoms with Gasteiger partial charge in [0.15, 0.2) is 0 Å². The predicted octanol–water partition coefficient (Wildman–Crippen LogP) is 4.82. The van der Waals surface area contributed by atoms with Gasteiger partial charge in [0.25, 0.3) is 0 Å². The first-order valence-corrected chi connectivity index (χ1v) is 11.9. The zero-order valence-corrected chi connectivity index (χ0v) is 21.8. The Bertz CT molecular complexity index is 1260. The molecule has 8 nitrogen and oxygen atoms in total. The average Bonchev–Trinajstić information content (AvgIpc) is 3.22. The van der Waals surface area contributed by atoms with Gasteiger partial charge in [0, 0.05) is 43.2 Å². The molecule has 0 spiro atoms. The summed E-state index contributed by atoms with van der Waals surface area (Å²) in [5.74, 6) is -0.791. The van der Waals surface area contributed by atoms with Crippen LogP contribution in [0.5, 0.6) is 0 Å². The van der Waals surface area contributed by atoms with Crippen LogP contribution in [0.3, 0.4) is 0 Å². The number of carboxylic acid groups (broad SMARTS) is 1. The maximum absolute atomic E-state index is 11.3. The fourth-order valence-electron chi connectivity index (χ4n) is 4.00. The third-order valence-electron chi connectivity index (χ3n) is 6.17. The van der Waals surface area contributed by atoms with Crippen molar-refractivity contribution in [3.05, 3.63) is 76.6 Å². The molecule has 8 heteroatoms. The van der Waals surface area contributed by atoms with E-state index in [1.54, 1.807) is 30.0 Å². The van der Waals surface area contributed by atoms with Gasteiger partial charge < -0.3 is 30.3 Å². The number of allylic oxidation sites excluding steroid dienone is 1. The van der Waals surface area contributed by atoms with E-state index in [1.807, 2.05) is 44.2 Å². The van der Waals surface area contributed by atoms with Gasteiger partial charge in [-0.15, -0.1) is 0 Å². The van der Waals surface area contributed by atoms with Gasteiger partial charge in [-0.1, -0.05) is 24.3 Å². The average molecular weight is 506 g/mol. The standard InChI is InChI=1S/C22H22N2O2.C6H11NO2.CH2O/c1-13(10-20-15(3)14(2)12-24-20)21-18(8-5-9-19(21)23)16-6-4-7-17(11-16)22(25)26;1-6(8)7-2-4-9-5-3-7;1-2/h4-12,24H,23H2,1-3H3,(H,25,26);2-5H2,1H3;1H2/b13-10+;;. The van der Waals surface area contributed by atoms with Crippen LogP contribution in [0.1, 0.15) is 46.6 Å². The highest BCUT2D eigenvalue weighted by molar-refractivity contribution is 5.95. The van der Waals surface area contributed by atoms with Gasteiger partial charge in [0.05, 0.1) is 18.8 Å². The molecule has 196 valence electrons. The number of amides is 1. The molecule has 0 unspecified atom stereocenters. The second-order valence-electron chi connectivity index (χ2n) is 8.61. The van der Waals surface area contributed by atoms with Crippen molar-refractivity contribution < 1.29 is 24.2 Å².